The van der Waals surface area contributed by atoms with Gasteiger partial charge in [-0.2, -0.15) is 0 Å². The predicted octanol–water partition coefficient (Wildman–Crippen LogP) is 3.29. The maximum absolute atomic E-state index is 12.5. The second kappa shape index (κ2) is 5.31. The van der Waals surface area contributed by atoms with Crippen LogP contribution in [0, 0.1) is 5.92 Å². The quantitative estimate of drug-likeness (QED) is 0.809. The van der Waals surface area contributed by atoms with E-state index in [-0.39, 0.29) is 5.91 Å². The van der Waals surface area contributed by atoms with E-state index in [0.717, 1.165) is 17.4 Å². The molecule has 1 aliphatic heterocycles. The molecule has 0 aromatic heterocycles. The van der Waals surface area contributed by atoms with Gasteiger partial charge < -0.3 is 10.6 Å². The molecule has 1 fully saturated rings. The number of carbonyl (C=O) groups excluding carboxylic acids is 1. The Bertz CT molecular complexity index is 461. The van der Waals surface area contributed by atoms with Gasteiger partial charge >= 0.3 is 0 Å². The molecule has 0 saturated carbocycles. The third kappa shape index (κ3) is 2.69. The lowest BCUT2D eigenvalue weighted by Crippen LogP contribution is -2.44. The van der Waals surface area contributed by atoms with Crippen molar-refractivity contribution in [3.63, 3.8) is 0 Å². The number of rotatable bonds is 1. The molecule has 1 heterocycles. The molecular formula is C14H19BrN2O. The maximum Gasteiger partial charge on any atom is 0.254 e. The lowest BCUT2D eigenvalue weighted by atomic mass is 9.94. The molecule has 1 aliphatic rings. The molecule has 18 heavy (non-hydrogen) atoms. The third-order valence-electron chi connectivity index (χ3n) is 3.63. The highest BCUT2D eigenvalue weighted by molar-refractivity contribution is 9.10. The van der Waals surface area contributed by atoms with Crippen molar-refractivity contribution in [2.24, 2.45) is 5.92 Å². The Balaban J connectivity index is 2.21. The highest BCUT2D eigenvalue weighted by atomic mass is 79.9. The van der Waals surface area contributed by atoms with Crippen LogP contribution in [-0.4, -0.2) is 23.4 Å². The first-order valence-corrected chi connectivity index (χ1v) is 7.14. The van der Waals surface area contributed by atoms with Crippen LogP contribution in [0.1, 0.15) is 37.0 Å². The van der Waals surface area contributed by atoms with Crippen molar-refractivity contribution < 1.29 is 4.79 Å². The number of piperidine rings is 1. The van der Waals surface area contributed by atoms with E-state index >= 15 is 0 Å². The number of nitrogens with zero attached hydrogens (tertiary/aromatic N) is 1. The van der Waals surface area contributed by atoms with E-state index < -0.39 is 0 Å². The molecule has 0 radical (unpaired) electrons. The van der Waals surface area contributed by atoms with E-state index in [0.29, 0.717) is 23.2 Å². The third-order valence-corrected chi connectivity index (χ3v) is 4.31. The molecule has 4 heteroatoms. The van der Waals surface area contributed by atoms with Gasteiger partial charge in [0.1, 0.15) is 0 Å². The molecule has 1 saturated heterocycles. The summed E-state index contributed by atoms with van der Waals surface area (Å²) in [6, 6.07) is 5.71. The number of likely N-dealkylation sites (tertiary alicyclic amines) is 1. The summed E-state index contributed by atoms with van der Waals surface area (Å²) >= 11 is 3.37. The summed E-state index contributed by atoms with van der Waals surface area (Å²) < 4.78 is 0.783. The molecule has 1 amide bonds. The van der Waals surface area contributed by atoms with Gasteiger partial charge in [0.25, 0.3) is 5.91 Å². The molecule has 98 valence electrons. The average Bonchev–Trinajstić information content (AvgIpc) is 2.35. The Hall–Kier alpha value is -1.03. The lowest BCUT2D eigenvalue weighted by molar-refractivity contribution is 0.0574. The van der Waals surface area contributed by atoms with Crippen LogP contribution in [0.5, 0.6) is 0 Å². The Morgan fingerprint density at radius 1 is 1.39 bits per heavy atom. The number of benzene rings is 1. The fraction of sp³-hybridized carbons (Fsp3) is 0.500. The first kappa shape index (κ1) is 13.4. The first-order valence-electron chi connectivity index (χ1n) is 6.35. The minimum Gasteiger partial charge on any atom is -0.398 e. The van der Waals surface area contributed by atoms with E-state index in [2.05, 4.69) is 29.8 Å². The summed E-state index contributed by atoms with van der Waals surface area (Å²) in [6.07, 6.45) is 2.29. The number of hydrogen-bond donors (Lipinski definition) is 1. The van der Waals surface area contributed by atoms with Crippen molar-refractivity contribution in [3.8, 4) is 0 Å². The molecule has 2 unspecified atom stereocenters. The number of anilines is 1. The predicted molar refractivity (Wildman–Crippen MR) is 77.5 cm³/mol. The molecule has 2 atom stereocenters. The first-order chi connectivity index (χ1) is 8.49. The molecular weight excluding hydrogens is 292 g/mol. The van der Waals surface area contributed by atoms with Crippen LogP contribution in [-0.2, 0) is 0 Å². The Labute approximate surface area is 116 Å². The molecule has 1 aromatic rings. The number of amides is 1. The zero-order chi connectivity index (χ0) is 13.3. The van der Waals surface area contributed by atoms with Gasteiger partial charge in [-0.3, -0.25) is 4.79 Å². The van der Waals surface area contributed by atoms with Crippen LogP contribution in [0.15, 0.2) is 22.7 Å². The monoisotopic (exact) mass is 310 g/mol. The molecule has 0 spiro atoms. The van der Waals surface area contributed by atoms with Gasteiger partial charge in [-0.15, -0.1) is 0 Å². The van der Waals surface area contributed by atoms with Crippen molar-refractivity contribution in [1.82, 2.24) is 4.90 Å². The maximum atomic E-state index is 12.5. The minimum atomic E-state index is 0.106. The van der Waals surface area contributed by atoms with Crippen molar-refractivity contribution in [1.29, 1.82) is 0 Å². The van der Waals surface area contributed by atoms with Gasteiger partial charge in [0.15, 0.2) is 0 Å². The van der Waals surface area contributed by atoms with Gasteiger partial charge in [0.05, 0.1) is 0 Å². The summed E-state index contributed by atoms with van der Waals surface area (Å²) in [6.45, 7) is 5.17. The summed E-state index contributed by atoms with van der Waals surface area (Å²) in [5, 5.41) is 0. The molecule has 1 aromatic carbocycles. The molecule has 0 aliphatic carbocycles. The average molecular weight is 311 g/mol. The van der Waals surface area contributed by atoms with Gasteiger partial charge in [0.2, 0.25) is 0 Å². The van der Waals surface area contributed by atoms with Crippen molar-refractivity contribution in [3.05, 3.63) is 28.2 Å². The van der Waals surface area contributed by atoms with Crippen LogP contribution in [0.3, 0.4) is 0 Å². The van der Waals surface area contributed by atoms with E-state index in [1.807, 2.05) is 11.0 Å². The van der Waals surface area contributed by atoms with Crippen LogP contribution < -0.4 is 5.73 Å². The van der Waals surface area contributed by atoms with Crippen molar-refractivity contribution in [2.45, 2.75) is 32.7 Å². The number of hydrogen-bond acceptors (Lipinski definition) is 2. The SMILES string of the molecule is CC1CCC(C)N(C(=O)c2ccc(N)c(Br)c2)C1. The molecule has 2 rings (SSSR count). The minimum absolute atomic E-state index is 0.106. The van der Waals surface area contributed by atoms with Gasteiger partial charge in [-0.05, 0) is 59.8 Å². The lowest BCUT2D eigenvalue weighted by Gasteiger charge is -2.37. The summed E-state index contributed by atoms with van der Waals surface area (Å²) in [7, 11) is 0. The summed E-state index contributed by atoms with van der Waals surface area (Å²) in [4.78, 5) is 14.5. The van der Waals surface area contributed by atoms with Crippen LogP contribution >= 0.6 is 15.9 Å². The van der Waals surface area contributed by atoms with E-state index in [4.69, 9.17) is 5.73 Å². The Kier molecular flexibility index (Phi) is 3.95. The largest absolute Gasteiger partial charge is 0.398 e. The number of carbonyl (C=O) groups is 1. The smallest absolute Gasteiger partial charge is 0.254 e. The zero-order valence-electron chi connectivity index (χ0n) is 10.8. The second-order valence-corrected chi connectivity index (χ2v) is 6.08. The number of nitrogens with two attached hydrogens (primary N) is 1. The Morgan fingerprint density at radius 2 is 2.11 bits per heavy atom. The van der Waals surface area contributed by atoms with Crippen LogP contribution in [0.25, 0.3) is 0 Å². The standard InChI is InChI=1S/C14H19BrN2O/c1-9-3-4-10(2)17(8-9)14(18)11-5-6-13(16)12(15)7-11/h5-7,9-10H,3-4,8,16H2,1-2H3. The van der Waals surface area contributed by atoms with Crippen LogP contribution in [0.2, 0.25) is 0 Å². The van der Waals surface area contributed by atoms with Crippen molar-refractivity contribution in [2.75, 3.05) is 12.3 Å². The summed E-state index contributed by atoms with van der Waals surface area (Å²) in [5.74, 6) is 0.692. The zero-order valence-corrected chi connectivity index (χ0v) is 12.4. The van der Waals surface area contributed by atoms with E-state index in [1.54, 1.807) is 12.1 Å². The fourth-order valence-electron chi connectivity index (χ4n) is 2.40. The van der Waals surface area contributed by atoms with E-state index in [9.17, 15) is 4.79 Å². The molecule has 3 nitrogen and oxygen atoms in total. The molecule has 0 bridgehead atoms. The van der Waals surface area contributed by atoms with E-state index in [1.165, 1.54) is 6.42 Å². The highest BCUT2D eigenvalue weighted by Crippen LogP contribution is 2.25. The highest BCUT2D eigenvalue weighted by Gasteiger charge is 2.27. The van der Waals surface area contributed by atoms with Gasteiger partial charge in [-0.25, -0.2) is 0 Å². The summed E-state index contributed by atoms with van der Waals surface area (Å²) in [5.41, 5.74) is 7.11. The topological polar surface area (TPSA) is 46.3 Å². The Morgan fingerprint density at radius 3 is 2.78 bits per heavy atom. The van der Waals surface area contributed by atoms with Crippen LogP contribution in [0.4, 0.5) is 5.69 Å². The number of nitrogen functional groups attached to an aromatic ring is 1. The fourth-order valence-corrected chi connectivity index (χ4v) is 2.78. The second-order valence-electron chi connectivity index (χ2n) is 5.23. The normalized spacial score (nSPS) is 24.1. The van der Waals surface area contributed by atoms with Gasteiger partial charge in [0, 0.05) is 28.3 Å². The molecule has 2 N–H and O–H groups in total. The van der Waals surface area contributed by atoms with Crippen molar-refractivity contribution >= 4 is 27.5 Å². The number of halogens is 1. The van der Waals surface area contributed by atoms with Gasteiger partial charge in [-0.1, -0.05) is 6.92 Å².